The summed E-state index contributed by atoms with van der Waals surface area (Å²) in [6, 6.07) is 5.35. The lowest BCUT2D eigenvalue weighted by molar-refractivity contribution is -0.384. The first-order valence-electron chi connectivity index (χ1n) is 4.85. The number of nitrogens with one attached hydrogen (secondary N) is 1. The maximum atomic E-state index is 10.5. The molecular formula is C10H13N3O2. The molecule has 2 rings (SSSR count). The topological polar surface area (TPSA) is 81.2 Å². The number of nitro benzene ring substituents is 1. The van der Waals surface area contributed by atoms with Crippen molar-refractivity contribution in [1.29, 1.82) is 0 Å². The van der Waals surface area contributed by atoms with Gasteiger partial charge in [-0.1, -0.05) is 0 Å². The molecule has 1 fully saturated rings. The predicted molar refractivity (Wildman–Crippen MR) is 57.8 cm³/mol. The van der Waals surface area contributed by atoms with Gasteiger partial charge in [-0.15, -0.1) is 0 Å². The van der Waals surface area contributed by atoms with Gasteiger partial charge in [-0.25, -0.2) is 0 Å². The highest BCUT2D eigenvalue weighted by molar-refractivity contribution is 5.56. The van der Waals surface area contributed by atoms with Gasteiger partial charge < -0.3 is 11.1 Å². The molecule has 2 atom stereocenters. The summed E-state index contributed by atoms with van der Waals surface area (Å²) in [5.41, 5.74) is 7.60. The molecule has 1 saturated carbocycles. The van der Waals surface area contributed by atoms with Crippen LogP contribution < -0.4 is 11.1 Å². The van der Waals surface area contributed by atoms with E-state index in [9.17, 15) is 10.1 Å². The van der Waals surface area contributed by atoms with E-state index in [0.717, 1.165) is 17.7 Å². The van der Waals surface area contributed by atoms with Crippen molar-refractivity contribution >= 4 is 11.4 Å². The summed E-state index contributed by atoms with van der Waals surface area (Å²) in [4.78, 5) is 10.1. The Morgan fingerprint density at radius 3 is 2.73 bits per heavy atom. The van der Waals surface area contributed by atoms with Gasteiger partial charge >= 0.3 is 0 Å². The van der Waals surface area contributed by atoms with Gasteiger partial charge in [0, 0.05) is 29.9 Å². The van der Waals surface area contributed by atoms with Gasteiger partial charge in [-0.2, -0.15) is 0 Å². The van der Waals surface area contributed by atoms with Crippen molar-refractivity contribution in [3.63, 3.8) is 0 Å². The summed E-state index contributed by atoms with van der Waals surface area (Å²) in [6.45, 7) is 1.85. The van der Waals surface area contributed by atoms with Crippen LogP contribution in [0.25, 0.3) is 0 Å². The third kappa shape index (κ3) is 2.07. The number of anilines is 1. The minimum atomic E-state index is -0.389. The molecule has 1 aromatic carbocycles. The predicted octanol–water partition coefficient (Wildman–Crippen LogP) is 1.41. The van der Waals surface area contributed by atoms with E-state index in [2.05, 4.69) is 5.32 Å². The Morgan fingerprint density at radius 2 is 2.27 bits per heavy atom. The Morgan fingerprint density at radius 1 is 1.60 bits per heavy atom. The molecule has 0 aromatic heterocycles. The number of nitrogens with two attached hydrogens (primary N) is 1. The van der Waals surface area contributed by atoms with E-state index in [0.29, 0.717) is 6.04 Å². The summed E-state index contributed by atoms with van der Waals surface area (Å²) in [7, 11) is 0. The Kier molecular flexibility index (Phi) is 2.32. The Hall–Kier alpha value is -1.62. The molecule has 0 radical (unpaired) electrons. The van der Waals surface area contributed by atoms with Crippen molar-refractivity contribution in [2.24, 2.45) is 5.73 Å². The van der Waals surface area contributed by atoms with E-state index in [4.69, 9.17) is 5.73 Å². The quantitative estimate of drug-likeness (QED) is 0.580. The lowest BCUT2D eigenvalue weighted by Gasteiger charge is -2.07. The second-order valence-corrected chi connectivity index (χ2v) is 3.91. The summed E-state index contributed by atoms with van der Waals surface area (Å²) in [5.74, 6) is 0. The highest BCUT2D eigenvalue weighted by atomic mass is 16.6. The fraction of sp³-hybridized carbons (Fsp3) is 0.400. The molecule has 1 aromatic rings. The molecule has 5 nitrogen and oxygen atoms in total. The van der Waals surface area contributed by atoms with E-state index in [1.54, 1.807) is 12.1 Å². The minimum absolute atomic E-state index is 0.123. The molecule has 2 unspecified atom stereocenters. The van der Waals surface area contributed by atoms with Crippen molar-refractivity contribution in [1.82, 2.24) is 0 Å². The van der Waals surface area contributed by atoms with Crippen LogP contribution in [0.3, 0.4) is 0 Å². The molecular weight excluding hydrogens is 194 g/mol. The Balaban J connectivity index is 2.15. The van der Waals surface area contributed by atoms with Crippen LogP contribution in [-0.4, -0.2) is 17.0 Å². The average molecular weight is 207 g/mol. The third-order valence-electron chi connectivity index (χ3n) is 2.60. The summed E-state index contributed by atoms with van der Waals surface area (Å²) in [5, 5.41) is 13.8. The van der Waals surface area contributed by atoms with Gasteiger partial charge in [0.1, 0.15) is 0 Å². The number of rotatable bonds is 3. The Bertz CT molecular complexity index is 406. The van der Waals surface area contributed by atoms with Gasteiger partial charge in [-0.3, -0.25) is 10.1 Å². The zero-order chi connectivity index (χ0) is 11.0. The molecule has 5 heteroatoms. The van der Waals surface area contributed by atoms with Crippen molar-refractivity contribution in [2.75, 3.05) is 5.32 Å². The van der Waals surface area contributed by atoms with Gasteiger partial charge in [-0.05, 0) is 25.0 Å². The van der Waals surface area contributed by atoms with Crippen LogP contribution in [0, 0.1) is 17.0 Å². The number of aryl methyl sites for hydroxylation is 1. The molecule has 1 aliphatic rings. The maximum absolute atomic E-state index is 10.5. The minimum Gasteiger partial charge on any atom is -0.380 e. The van der Waals surface area contributed by atoms with Crippen LogP contribution in [0.15, 0.2) is 18.2 Å². The monoisotopic (exact) mass is 207 g/mol. The normalized spacial score (nSPS) is 23.6. The molecule has 0 saturated heterocycles. The first kappa shape index (κ1) is 9.92. The van der Waals surface area contributed by atoms with Crippen LogP contribution in [-0.2, 0) is 0 Å². The van der Waals surface area contributed by atoms with Gasteiger partial charge in [0.25, 0.3) is 5.69 Å². The number of hydrogen-bond donors (Lipinski definition) is 2. The standard InChI is InChI=1S/C10H13N3O2/c1-6-4-7(13(14)15)2-3-9(6)12-10-5-8(10)11/h2-4,8,10,12H,5,11H2,1H3. The lowest BCUT2D eigenvalue weighted by Crippen LogP contribution is -2.13. The highest BCUT2D eigenvalue weighted by Gasteiger charge is 2.33. The maximum Gasteiger partial charge on any atom is 0.269 e. The molecule has 1 aliphatic carbocycles. The molecule has 3 N–H and O–H groups in total. The molecule has 15 heavy (non-hydrogen) atoms. The number of nitrogens with zero attached hydrogens (tertiary/aromatic N) is 1. The first-order valence-corrected chi connectivity index (χ1v) is 4.85. The molecule has 0 amide bonds. The average Bonchev–Trinajstić information content (AvgIpc) is 2.85. The number of non-ortho nitro benzene ring substituents is 1. The van der Waals surface area contributed by atoms with Gasteiger partial charge in [0.2, 0.25) is 0 Å². The van der Waals surface area contributed by atoms with Crippen molar-refractivity contribution in [2.45, 2.75) is 25.4 Å². The van der Waals surface area contributed by atoms with Gasteiger partial charge in [0.05, 0.1) is 4.92 Å². The second-order valence-electron chi connectivity index (χ2n) is 3.91. The number of hydrogen-bond acceptors (Lipinski definition) is 4. The molecule has 0 aliphatic heterocycles. The number of nitro groups is 1. The van der Waals surface area contributed by atoms with Crippen molar-refractivity contribution < 1.29 is 4.92 Å². The largest absolute Gasteiger partial charge is 0.380 e. The lowest BCUT2D eigenvalue weighted by atomic mass is 10.2. The highest BCUT2D eigenvalue weighted by Crippen LogP contribution is 2.27. The van der Waals surface area contributed by atoms with Crippen molar-refractivity contribution in [3.05, 3.63) is 33.9 Å². The fourth-order valence-corrected chi connectivity index (χ4v) is 1.50. The first-order chi connectivity index (χ1) is 7.08. The SMILES string of the molecule is Cc1cc([N+](=O)[O-])ccc1NC1CC1N. The van der Waals surface area contributed by atoms with Gasteiger partial charge in [0.15, 0.2) is 0 Å². The summed E-state index contributed by atoms with van der Waals surface area (Å²) >= 11 is 0. The van der Waals surface area contributed by atoms with E-state index in [1.807, 2.05) is 6.92 Å². The molecule has 80 valence electrons. The van der Waals surface area contributed by atoms with Crippen LogP contribution in [0.4, 0.5) is 11.4 Å². The zero-order valence-electron chi connectivity index (χ0n) is 8.43. The fourth-order valence-electron chi connectivity index (χ4n) is 1.50. The van der Waals surface area contributed by atoms with E-state index in [-0.39, 0.29) is 16.7 Å². The molecule has 0 heterocycles. The van der Waals surface area contributed by atoms with Crippen LogP contribution in [0.1, 0.15) is 12.0 Å². The van der Waals surface area contributed by atoms with Crippen LogP contribution >= 0.6 is 0 Å². The number of benzene rings is 1. The van der Waals surface area contributed by atoms with E-state index in [1.165, 1.54) is 6.07 Å². The van der Waals surface area contributed by atoms with E-state index >= 15 is 0 Å². The smallest absolute Gasteiger partial charge is 0.269 e. The second kappa shape index (κ2) is 3.51. The van der Waals surface area contributed by atoms with E-state index < -0.39 is 0 Å². The van der Waals surface area contributed by atoms with Crippen LogP contribution in [0.5, 0.6) is 0 Å². The van der Waals surface area contributed by atoms with Crippen molar-refractivity contribution in [3.8, 4) is 0 Å². The Labute approximate surface area is 87.4 Å². The van der Waals surface area contributed by atoms with Crippen LogP contribution in [0.2, 0.25) is 0 Å². The molecule has 0 bridgehead atoms. The summed E-state index contributed by atoms with van der Waals surface area (Å²) < 4.78 is 0. The third-order valence-corrected chi connectivity index (χ3v) is 2.60. The summed E-state index contributed by atoms with van der Waals surface area (Å²) in [6.07, 6.45) is 0.969. The molecule has 0 spiro atoms. The zero-order valence-corrected chi connectivity index (χ0v) is 8.43.